The topological polar surface area (TPSA) is 110 Å². The number of H-pyrrole nitrogens is 1. The number of nitrogens with zero attached hydrogens (tertiary/aromatic N) is 3. The summed E-state index contributed by atoms with van der Waals surface area (Å²) in [5, 5.41) is 11.2. The highest BCUT2D eigenvalue weighted by Gasteiger charge is 2.55. The van der Waals surface area contributed by atoms with E-state index in [4.69, 9.17) is 23.4 Å². The van der Waals surface area contributed by atoms with Gasteiger partial charge < -0.3 is 23.4 Å². The van der Waals surface area contributed by atoms with Gasteiger partial charge in [-0.1, -0.05) is 0 Å². The van der Waals surface area contributed by atoms with E-state index in [1.54, 1.807) is 43.3 Å². The monoisotopic (exact) mass is 486 g/mol. The normalized spacial score (nSPS) is 25.3. The summed E-state index contributed by atoms with van der Waals surface area (Å²) in [4.78, 5) is 13.1. The van der Waals surface area contributed by atoms with Crippen LogP contribution in [0, 0.1) is 0 Å². The third-order valence-electron chi connectivity index (χ3n) is 7.85. The predicted octanol–water partition coefficient (Wildman–Crippen LogP) is 1.55. The van der Waals surface area contributed by atoms with Gasteiger partial charge in [0.2, 0.25) is 0 Å². The molecule has 1 atom stereocenters. The van der Waals surface area contributed by atoms with E-state index in [-0.39, 0.29) is 6.61 Å². The van der Waals surface area contributed by atoms with Gasteiger partial charge in [-0.25, -0.2) is 4.79 Å². The average Bonchev–Trinajstić information content (AvgIpc) is 3.49. The molecule has 1 unspecified atom stereocenters. The Bertz CT molecular complexity index is 1050. The van der Waals surface area contributed by atoms with Crippen LogP contribution in [0.5, 0.6) is 0 Å². The van der Waals surface area contributed by atoms with Crippen molar-refractivity contribution in [3.8, 4) is 0 Å². The number of nitrogens with one attached hydrogen (secondary N) is 1. The molecule has 2 aliphatic rings. The number of hydrogen-bond acceptors (Lipinski definition) is 8. The zero-order chi connectivity index (χ0) is 25.9. The minimum Gasteiger partial charge on any atom is -0.464 e. The molecule has 0 amide bonds. The van der Waals surface area contributed by atoms with E-state index in [1.165, 1.54) is 0 Å². The Morgan fingerprint density at radius 1 is 0.971 bits per heavy atom. The summed E-state index contributed by atoms with van der Waals surface area (Å²) >= 11 is 0. The zero-order valence-electron chi connectivity index (χ0n) is 22.2. The van der Waals surface area contributed by atoms with Gasteiger partial charge in [-0.15, -0.1) is 0 Å². The van der Waals surface area contributed by atoms with Gasteiger partial charge in [0.1, 0.15) is 0 Å². The van der Waals surface area contributed by atoms with Crippen molar-refractivity contribution in [1.82, 2.24) is 20.0 Å². The van der Waals surface area contributed by atoms with Crippen molar-refractivity contribution in [1.29, 1.82) is 0 Å². The lowest BCUT2D eigenvalue weighted by Gasteiger charge is -2.36. The van der Waals surface area contributed by atoms with Gasteiger partial charge in [-0.05, 0) is 62.3 Å². The largest absolute Gasteiger partial charge is 0.498 e. The number of carbonyl (C=O) groups excluding carboxylic acids is 1. The van der Waals surface area contributed by atoms with Gasteiger partial charge in [0, 0.05) is 42.1 Å². The number of aromatic amines is 1. The first-order valence-electron chi connectivity index (χ1n) is 12.0. The van der Waals surface area contributed by atoms with Gasteiger partial charge in [0.25, 0.3) is 0 Å². The molecule has 1 N–H and O–H groups in total. The zero-order valence-corrected chi connectivity index (χ0v) is 22.2. The molecule has 12 heteroatoms. The molecular formula is C23H36B2N4O6. The fourth-order valence-corrected chi connectivity index (χ4v) is 4.03. The number of hydrogen-bond donors (Lipinski definition) is 1. The van der Waals surface area contributed by atoms with Crippen LogP contribution < -0.4 is 10.9 Å². The lowest BCUT2D eigenvalue weighted by Crippen LogP contribution is -2.46. The Hall–Kier alpha value is -2.14. The van der Waals surface area contributed by atoms with Crippen molar-refractivity contribution >= 4 is 31.1 Å². The molecule has 4 rings (SSSR count). The molecule has 2 saturated heterocycles. The maximum absolute atomic E-state index is 13.1. The molecule has 4 heterocycles. The second-order valence-electron chi connectivity index (χ2n) is 11.6. The number of carbonyl (C=O) groups is 1. The molecule has 10 nitrogen and oxygen atoms in total. The smallest absolute Gasteiger partial charge is 0.464 e. The van der Waals surface area contributed by atoms with Crippen LogP contribution in [0.2, 0.25) is 0 Å². The van der Waals surface area contributed by atoms with Gasteiger partial charge in [-0.3, -0.25) is 9.78 Å². The van der Waals surface area contributed by atoms with Gasteiger partial charge in [0.15, 0.2) is 5.54 Å². The molecule has 2 fully saturated rings. The first-order valence-corrected chi connectivity index (χ1v) is 12.0. The fourth-order valence-electron chi connectivity index (χ4n) is 4.03. The standard InChI is InChI=1S/C23H36B2N4O6/c1-19(2,29-15-17(14-28-29)25-32-20(3,4)21(5,6)33-25)18(30)31-11-10-23(9)22(7,8)34-24(35-23)16-12-26-27-13-16/h12-15H,10-11H2,1-9H3,(H,26,27). The SMILES string of the molecule is CC(C)(C(=O)OCCC1(C)OB(c2cn[nH]c2)OC1(C)C)n1cc(B2OC(C)(C)C(C)(C)O2)cn1. The molecule has 0 bridgehead atoms. The predicted molar refractivity (Wildman–Crippen MR) is 131 cm³/mol. The summed E-state index contributed by atoms with van der Waals surface area (Å²) in [5.41, 5.74) is -1.62. The van der Waals surface area contributed by atoms with Gasteiger partial charge >= 0.3 is 20.2 Å². The molecule has 2 aromatic rings. The highest BCUT2D eigenvalue weighted by Crippen LogP contribution is 2.40. The second-order valence-corrected chi connectivity index (χ2v) is 11.6. The maximum Gasteiger partial charge on any atom is 0.498 e. The van der Waals surface area contributed by atoms with Crippen LogP contribution in [0.3, 0.4) is 0 Å². The minimum atomic E-state index is -1.02. The Morgan fingerprint density at radius 3 is 2.17 bits per heavy atom. The quantitative estimate of drug-likeness (QED) is 0.464. The summed E-state index contributed by atoms with van der Waals surface area (Å²) in [7, 11) is -1.08. The maximum atomic E-state index is 13.1. The molecule has 0 aromatic carbocycles. The van der Waals surface area contributed by atoms with Crippen molar-refractivity contribution in [3.05, 3.63) is 24.8 Å². The second kappa shape index (κ2) is 8.47. The lowest BCUT2D eigenvalue weighted by atomic mass is 9.82. The Balaban J connectivity index is 1.37. The number of esters is 1. The summed E-state index contributed by atoms with van der Waals surface area (Å²) < 4.78 is 31.8. The highest BCUT2D eigenvalue weighted by atomic mass is 16.7. The van der Waals surface area contributed by atoms with E-state index in [0.717, 1.165) is 10.9 Å². The van der Waals surface area contributed by atoms with E-state index >= 15 is 0 Å². The first kappa shape index (κ1) is 25.9. The van der Waals surface area contributed by atoms with Crippen molar-refractivity contribution in [3.63, 3.8) is 0 Å². The van der Waals surface area contributed by atoms with Crippen molar-refractivity contribution < 1.29 is 28.1 Å². The molecule has 190 valence electrons. The van der Waals surface area contributed by atoms with Gasteiger partial charge in [0.05, 0.1) is 29.0 Å². The van der Waals surface area contributed by atoms with Crippen LogP contribution >= 0.6 is 0 Å². The van der Waals surface area contributed by atoms with Crippen LogP contribution in [-0.4, -0.2) is 69.2 Å². The third kappa shape index (κ3) is 4.57. The molecule has 2 aliphatic heterocycles. The Labute approximate surface area is 207 Å². The third-order valence-corrected chi connectivity index (χ3v) is 7.85. The lowest BCUT2D eigenvalue weighted by molar-refractivity contribution is -0.155. The number of rotatable bonds is 7. The molecule has 0 aliphatic carbocycles. The summed E-state index contributed by atoms with van der Waals surface area (Å²) in [6, 6.07) is 0. The van der Waals surface area contributed by atoms with Crippen LogP contribution in [0.4, 0.5) is 0 Å². The molecule has 35 heavy (non-hydrogen) atoms. The fraction of sp³-hybridized carbons (Fsp3) is 0.696. The summed E-state index contributed by atoms with van der Waals surface area (Å²) in [5.74, 6) is -0.396. The molecule has 2 aromatic heterocycles. The van der Waals surface area contributed by atoms with Crippen molar-refractivity contribution in [2.45, 2.75) is 96.7 Å². The minimum absolute atomic E-state index is 0.176. The molecular weight excluding hydrogens is 450 g/mol. The van der Waals surface area contributed by atoms with Crippen LogP contribution in [0.1, 0.15) is 68.7 Å². The Kier molecular flexibility index (Phi) is 6.28. The van der Waals surface area contributed by atoms with E-state index in [1.807, 2.05) is 48.5 Å². The molecule has 0 radical (unpaired) electrons. The molecule has 0 saturated carbocycles. The highest BCUT2D eigenvalue weighted by molar-refractivity contribution is 6.62. The van der Waals surface area contributed by atoms with E-state index in [2.05, 4.69) is 15.3 Å². The molecule has 0 spiro atoms. The van der Waals surface area contributed by atoms with Crippen LogP contribution in [-0.2, 0) is 33.7 Å². The van der Waals surface area contributed by atoms with Crippen LogP contribution in [0.15, 0.2) is 24.8 Å². The van der Waals surface area contributed by atoms with Gasteiger partial charge in [-0.2, -0.15) is 10.2 Å². The Morgan fingerprint density at radius 2 is 1.57 bits per heavy atom. The van der Waals surface area contributed by atoms with Crippen molar-refractivity contribution in [2.75, 3.05) is 6.61 Å². The first-order chi connectivity index (χ1) is 16.1. The summed E-state index contributed by atoms with van der Waals surface area (Å²) in [6.45, 7) is 17.6. The summed E-state index contributed by atoms with van der Waals surface area (Å²) in [6.07, 6.45) is 7.33. The van der Waals surface area contributed by atoms with Crippen molar-refractivity contribution in [2.24, 2.45) is 0 Å². The average molecular weight is 486 g/mol. The number of ether oxygens (including phenoxy) is 1. The van der Waals surface area contributed by atoms with E-state index < -0.39 is 48.1 Å². The van der Waals surface area contributed by atoms with E-state index in [9.17, 15) is 4.79 Å². The van der Waals surface area contributed by atoms with Crippen LogP contribution in [0.25, 0.3) is 0 Å². The van der Waals surface area contributed by atoms with E-state index in [0.29, 0.717) is 6.42 Å². The number of aromatic nitrogens is 4.